The molecule has 146 valence electrons. The molecule has 4 bridgehead atoms. The first-order valence-electron chi connectivity index (χ1n) is 10.8. The highest BCUT2D eigenvalue weighted by molar-refractivity contribution is 5.97. The van der Waals surface area contributed by atoms with Crippen molar-refractivity contribution in [3.05, 3.63) is 0 Å². The summed E-state index contributed by atoms with van der Waals surface area (Å²) in [5, 5.41) is 5.90. The third-order valence-corrected chi connectivity index (χ3v) is 7.71. The standard InChI is InChI=1S/C21H35N3O2/c1-3-15-5-4-6-24(13-15)14(2)19(25)22-20(26)23-21-10-16-7-17(11-21)9-18(8-16)12-21/h14-18H,3-13H2,1-2H3,(H2,22,23,25,26). The molecule has 1 saturated heterocycles. The van der Waals surface area contributed by atoms with Crippen molar-refractivity contribution in [3.63, 3.8) is 0 Å². The van der Waals surface area contributed by atoms with Gasteiger partial charge < -0.3 is 5.32 Å². The van der Waals surface area contributed by atoms with Crippen LogP contribution in [0.25, 0.3) is 0 Å². The minimum Gasteiger partial charge on any atom is -0.332 e. The molecule has 0 spiro atoms. The van der Waals surface area contributed by atoms with Crippen LogP contribution >= 0.6 is 0 Å². The molecule has 0 aromatic rings. The van der Waals surface area contributed by atoms with E-state index in [1.807, 2.05) is 6.92 Å². The second-order valence-electron chi connectivity index (χ2n) is 9.73. The van der Waals surface area contributed by atoms with Gasteiger partial charge in [0.1, 0.15) is 0 Å². The van der Waals surface area contributed by atoms with E-state index in [9.17, 15) is 9.59 Å². The Morgan fingerprint density at radius 2 is 1.73 bits per heavy atom. The summed E-state index contributed by atoms with van der Waals surface area (Å²) in [7, 11) is 0. The molecule has 0 aromatic carbocycles. The van der Waals surface area contributed by atoms with Gasteiger partial charge in [0, 0.05) is 12.1 Å². The summed E-state index contributed by atoms with van der Waals surface area (Å²) >= 11 is 0. The lowest BCUT2D eigenvalue weighted by molar-refractivity contribution is -0.125. The Morgan fingerprint density at radius 1 is 1.12 bits per heavy atom. The Kier molecular flexibility index (Phi) is 5.02. The van der Waals surface area contributed by atoms with Gasteiger partial charge in [0.2, 0.25) is 5.91 Å². The first-order valence-corrected chi connectivity index (χ1v) is 10.8. The van der Waals surface area contributed by atoms with Crippen molar-refractivity contribution in [2.75, 3.05) is 13.1 Å². The monoisotopic (exact) mass is 361 g/mol. The quantitative estimate of drug-likeness (QED) is 0.808. The van der Waals surface area contributed by atoms with Crippen molar-refractivity contribution >= 4 is 11.9 Å². The number of nitrogens with zero attached hydrogens (tertiary/aromatic N) is 1. The zero-order valence-corrected chi connectivity index (χ0v) is 16.4. The molecule has 0 aromatic heterocycles. The fourth-order valence-electron chi connectivity index (χ4n) is 6.70. The van der Waals surface area contributed by atoms with Gasteiger partial charge in [-0.3, -0.25) is 15.0 Å². The van der Waals surface area contributed by atoms with Crippen LogP contribution in [0.4, 0.5) is 4.79 Å². The van der Waals surface area contributed by atoms with Gasteiger partial charge in [0.15, 0.2) is 0 Å². The van der Waals surface area contributed by atoms with Gasteiger partial charge >= 0.3 is 6.03 Å². The number of hydrogen-bond acceptors (Lipinski definition) is 3. The third-order valence-electron chi connectivity index (χ3n) is 7.71. The zero-order valence-electron chi connectivity index (χ0n) is 16.4. The molecule has 2 unspecified atom stereocenters. The normalized spacial score (nSPS) is 40.2. The number of imide groups is 1. The van der Waals surface area contributed by atoms with Crippen molar-refractivity contribution in [1.82, 2.24) is 15.5 Å². The molecular formula is C21H35N3O2. The van der Waals surface area contributed by atoms with Crippen LogP contribution in [-0.4, -0.2) is 41.5 Å². The number of piperidine rings is 1. The molecule has 2 N–H and O–H groups in total. The number of amides is 3. The van der Waals surface area contributed by atoms with Gasteiger partial charge in [-0.2, -0.15) is 0 Å². The predicted octanol–water partition coefficient (Wildman–Crippen LogP) is 3.29. The minimum absolute atomic E-state index is 0.0409. The van der Waals surface area contributed by atoms with Gasteiger partial charge in [-0.05, 0) is 88.5 Å². The molecule has 4 aliphatic carbocycles. The maximum atomic E-state index is 12.6. The summed E-state index contributed by atoms with van der Waals surface area (Å²) < 4.78 is 0. The third kappa shape index (κ3) is 3.64. The first kappa shape index (κ1) is 18.3. The zero-order chi connectivity index (χ0) is 18.3. The highest BCUT2D eigenvalue weighted by Gasteiger charge is 2.51. The van der Waals surface area contributed by atoms with E-state index in [0.717, 1.165) is 62.9 Å². The number of rotatable bonds is 4. The molecule has 0 radical (unpaired) electrons. The van der Waals surface area contributed by atoms with Crippen LogP contribution in [0, 0.1) is 23.7 Å². The maximum Gasteiger partial charge on any atom is 0.321 e. The SMILES string of the molecule is CCC1CCCN(C(C)C(=O)NC(=O)NC23CC4CC(CC(C4)C2)C3)C1. The van der Waals surface area contributed by atoms with Gasteiger partial charge in [-0.25, -0.2) is 4.79 Å². The number of carbonyl (C=O) groups is 2. The fourth-order valence-corrected chi connectivity index (χ4v) is 6.70. The number of hydrogen-bond donors (Lipinski definition) is 2. The molecule has 1 aliphatic heterocycles. The number of urea groups is 1. The van der Waals surface area contributed by atoms with Crippen LogP contribution in [0.5, 0.6) is 0 Å². The molecule has 5 fully saturated rings. The average Bonchev–Trinajstić information content (AvgIpc) is 2.59. The van der Waals surface area contributed by atoms with E-state index in [2.05, 4.69) is 22.5 Å². The minimum atomic E-state index is -0.271. The van der Waals surface area contributed by atoms with Crippen LogP contribution in [0.3, 0.4) is 0 Å². The number of nitrogens with one attached hydrogen (secondary N) is 2. The number of carbonyl (C=O) groups excluding carboxylic acids is 2. The van der Waals surface area contributed by atoms with E-state index in [-0.39, 0.29) is 23.5 Å². The fraction of sp³-hybridized carbons (Fsp3) is 0.905. The lowest BCUT2D eigenvalue weighted by Crippen LogP contribution is -2.62. The van der Waals surface area contributed by atoms with Crippen molar-refractivity contribution < 1.29 is 9.59 Å². The van der Waals surface area contributed by atoms with E-state index >= 15 is 0 Å². The Balaban J connectivity index is 1.31. The first-order chi connectivity index (χ1) is 12.5. The van der Waals surface area contributed by atoms with Gasteiger partial charge in [0.05, 0.1) is 6.04 Å². The summed E-state index contributed by atoms with van der Waals surface area (Å²) in [6.07, 6.45) is 11.0. The maximum absolute atomic E-state index is 12.6. The van der Waals surface area contributed by atoms with Crippen molar-refractivity contribution in [1.29, 1.82) is 0 Å². The lowest BCUT2D eigenvalue weighted by Gasteiger charge is -2.56. The van der Waals surface area contributed by atoms with Crippen molar-refractivity contribution in [2.45, 2.75) is 83.2 Å². The van der Waals surface area contributed by atoms with E-state index in [0.29, 0.717) is 5.92 Å². The Bertz CT molecular complexity index is 526. The van der Waals surface area contributed by atoms with Gasteiger partial charge in [-0.15, -0.1) is 0 Å². The van der Waals surface area contributed by atoms with Crippen molar-refractivity contribution in [3.8, 4) is 0 Å². The molecule has 26 heavy (non-hydrogen) atoms. The van der Waals surface area contributed by atoms with E-state index in [4.69, 9.17) is 0 Å². The summed E-state index contributed by atoms with van der Waals surface area (Å²) in [6, 6.07) is -0.501. The molecule has 4 saturated carbocycles. The Hall–Kier alpha value is -1.10. The molecule has 5 rings (SSSR count). The largest absolute Gasteiger partial charge is 0.332 e. The summed E-state index contributed by atoms with van der Waals surface area (Å²) in [4.78, 5) is 27.4. The topological polar surface area (TPSA) is 61.4 Å². The predicted molar refractivity (Wildman–Crippen MR) is 102 cm³/mol. The second kappa shape index (κ2) is 7.14. The molecule has 2 atom stereocenters. The number of likely N-dealkylation sites (tertiary alicyclic amines) is 1. The highest BCUT2D eigenvalue weighted by Crippen LogP contribution is 2.55. The van der Waals surface area contributed by atoms with E-state index in [1.165, 1.54) is 25.7 Å². The summed E-state index contributed by atoms with van der Waals surface area (Å²) in [5.74, 6) is 2.89. The van der Waals surface area contributed by atoms with E-state index in [1.54, 1.807) is 0 Å². The van der Waals surface area contributed by atoms with Crippen LogP contribution in [0.1, 0.15) is 71.6 Å². The van der Waals surface area contributed by atoms with Crippen molar-refractivity contribution in [2.24, 2.45) is 23.7 Å². The van der Waals surface area contributed by atoms with Crippen LogP contribution in [0.2, 0.25) is 0 Å². The van der Waals surface area contributed by atoms with Crippen LogP contribution in [0.15, 0.2) is 0 Å². The molecular weight excluding hydrogens is 326 g/mol. The highest BCUT2D eigenvalue weighted by atomic mass is 16.2. The smallest absolute Gasteiger partial charge is 0.321 e. The Labute approximate surface area is 157 Å². The average molecular weight is 362 g/mol. The van der Waals surface area contributed by atoms with Gasteiger partial charge in [0.25, 0.3) is 0 Å². The summed E-state index contributed by atoms with van der Waals surface area (Å²) in [6.45, 7) is 6.09. The molecule has 1 heterocycles. The van der Waals surface area contributed by atoms with Crippen LogP contribution < -0.4 is 10.6 Å². The molecule has 5 aliphatic rings. The van der Waals surface area contributed by atoms with Gasteiger partial charge in [-0.1, -0.05) is 13.3 Å². The summed E-state index contributed by atoms with van der Waals surface area (Å²) in [5.41, 5.74) is -0.0409. The van der Waals surface area contributed by atoms with Crippen LogP contribution in [-0.2, 0) is 4.79 Å². The lowest BCUT2D eigenvalue weighted by atomic mass is 9.53. The molecule has 3 amide bonds. The molecule has 5 nitrogen and oxygen atoms in total. The second-order valence-corrected chi connectivity index (χ2v) is 9.73. The Morgan fingerprint density at radius 3 is 2.31 bits per heavy atom. The van der Waals surface area contributed by atoms with E-state index < -0.39 is 0 Å². The molecule has 5 heteroatoms.